The highest BCUT2D eigenvalue weighted by Crippen LogP contribution is 2.55. The van der Waals surface area contributed by atoms with E-state index in [0.717, 1.165) is 12.8 Å². The van der Waals surface area contributed by atoms with E-state index in [1.165, 1.54) is 6.07 Å². The van der Waals surface area contributed by atoms with Crippen molar-refractivity contribution in [2.45, 2.75) is 51.7 Å². The molecule has 1 heterocycles. The molecule has 2 bridgehead atoms. The van der Waals surface area contributed by atoms with Gasteiger partial charge in [0.1, 0.15) is 18.0 Å². The Labute approximate surface area is 169 Å². The van der Waals surface area contributed by atoms with Gasteiger partial charge in [-0.15, -0.1) is 0 Å². The van der Waals surface area contributed by atoms with E-state index >= 15 is 0 Å². The monoisotopic (exact) mass is 401 g/mol. The molecule has 7 heteroatoms. The SMILES string of the molecule is CCC(CC(C)C(=O)OC1C2CC3C(=O)OC1C3C2)C(=O)Nc1ccccc1O. The number of phenols is 1. The minimum atomic E-state index is -0.456. The minimum Gasteiger partial charge on any atom is -0.506 e. The third kappa shape index (κ3) is 3.58. The number of carbonyl (C=O) groups is 3. The number of hydrogen-bond acceptors (Lipinski definition) is 6. The molecule has 1 aliphatic heterocycles. The highest BCUT2D eigenvalue weighted by molar-refractivity contribution is 5.94. The molecule has 0 aromatic heterocycles. The van der Waals surface area contributed by atoms with Crippen LogP contribution in [0.4, 0.5) is 5.69 Å². The van der Waals surface area contributed by atoms with Crippen LogP contribution in [0.1, 0.15) is 39.5 Å². The average molecular weight is 401 g/mol. The van der Waals surface area contributed by atoms with Crippen LogP contribution in [0.25, 0.3) is 0 Å². The number of rotatable bonds is 7. The Balaban J connectivity index is 1.33. The second-order valence-corrected chi connectivity index (χ2v) is 8.55. The summed E-state index contributed by atoms with van der Waals surface area (Å²) in [6, 6.07) is 6.54. The van der Waals surface area contributed by atoms with Crippen molar-refractivity contribution < 1.29 is 29.0 Å². The van der Waals surface area contributed by atoms with E-state index in [-0.39, 0.29) is 59.5 Å². The summed E-state index contributed by atoms with van der Waals surface area (Å²) in [7, 11) is 0. The summed E-state index contributed by atoms with van der Waals surface area (Å²) in [4.78, 5) is 37.2. The van der Waals surface area contributed by atoms with Crippen molar-refractivity contribution in [3.63, 3.8) is 0 Å². The largest absolute Gasteiger partial charge is 0.506 e. The lowest BCUT2D eigenvalue weighted by Crippen LogP contribution is -2.38. The van der Waals surface area contributed by atoms with Gasteiger partial charge in [0.25, 0.3) is 0 Å². The number of para-hydroxylation sites is 2. The molecule has 3 aliphatic rings. The zero-order valence-electron chi connectivity index (χ0n) is 16.7. The molecule has 0 spiro atoms. The number of carbonyl (C=O) groups excluding carboxylic acids is 3. The molecule has 3 fully saturated rings. The summed E-state index contributed by atoms with van der Waals surface area (Å²) >= 11 is 0. The van der Waals surface area contributed by atoms with E-state index in [1.54, 1.807) is 25.1 Å². The number of phenolic OH excluding ortho intramolecular Hbond substituents is 1. The molecule has 0 radical (unpaired) electrons. The van der Waals surface area contributed by atoms with Gasteiger partial charge < -0.3 is 19.9 Å². The molecule has 2 N–H and O–H groups in total. The molecular weight excluding hydrogens is 374 g/mol. The highest BCUT2D eigenvalue weighted by atomic mass is 16.6. The Kier molecular flexibility index (Phi) is 5.23. The van der Waals surface area contributed by atoms with Crippen molar-refractivity contribution in [1.29, 1.82) is 0 Å². The third-order valence-corrected chi connectivity index (χ3v) is 6.73. The first-order chi connectivity index (χ1) is 13.9. The molecule has 29 heavy (non-hydrogen) atoms. The van der Waals surface area contributed by atoms with Crippen molar-refractivity contribution in [3.05, 3.63) is 24.3 Å². The summed E-state index contributed by atoms with van der Waals surface area (Å²) in [5.74, 6) is -1.20. The Morgan fingerprint density at radius 1 is 1.31 bits per heavy atom. The first-order valence-electron chi connectivity index (χ1n) is 10.4. The number of fused-ring (bicyclic) bond motifs is 1. The van der Waals surface area contributed by atoms with Crippen LogP contribution in [-0.2, 0) is 23.9 Å². The van der Waals surface area contributed by atoms with E-state index in [1.807, 2.05) is 6.92 Å². The second kappa shape index (κ2) is 7.69. The Hall–Kier alpha value is -2.57. The molecular formula is C22H27NO6. The standard InChI is InChI=1S/C22H27NO6/c1-3-12(20(25)23-16-6-4-5-7-17(16)24)8-11(2)21(26)28-18-13-9-14-15(10-13)22(27)29-19(14)18/h4-7,11-15,18-19,24H,3,8-10H2,1-2H3,(H,23,25). The van der Waals surface area contributed by atoms with Crippen LogP contribution in [0, 0.1) is 29.6 Å². The van der Waals surface area contributed by atoms with Gasteiger partial charge in [-0.05, 0) is 37.8 Å². The number of hydrogen-bond donors (Lipinski definition) is 2. The van der Waals surface area contributed by atoms with Crippen molar-refractivity contribution in [1.82, 2.24) is 0 Å². The predicted molar refractivity (Wildman–Crippen MR) is 104 cm³/mol. The van der Waals surface area contributed by atoms with E-state index in [9.17, 15) is 19.5 Å². The van der Waals surface area contributed by atoms with Crippen molar-refractivity contribution in [2.75, 3.05) is 5.32 Å². The number of aromatic hydroxyl groups is 1. The van der Waals surface area contributed by atoms with Gasteiger partial charge in [-0.3, -0.25) is 14.4 Å². The molecule has 2 aliphatic carbocycles. The molecule has 4 rings (SSSR count). The fraction of sp³-hybridized carbons (Fsp3) is 0.591. The van der Waals surface area contributed by atoms with Gasteiger partial charge in [0.15, 0.2) is 0 Å². The van der Waals surface area contributed by atoms with E-state index in [2.05, 4.69) is 5.32 Å². The van der Waals surface area contributed by atoms with Gasteiger partial charge in [-0.25, -0.2) is 0 Å². The smallest absolute Gasteiger partial charge is 0.309 e. The van der Waals surface area contributed by atoms with Gasteiger partial charge in [0.2, 0.25) is 5.91 Å². The maximum Gasteiger partial charge on any atom is 0.309 e. The maximum absolute atomic E-state index is 12.7. The summed E-state index contributed by atoms with van der Waals surface area (Å²) < 4.78 is 11.2. The van der Waals surface area contributed by atoms with Crippen LogP contribution < -0.4 is 5.32 Å². The number of benzene rings is 1. The fourth-order valence-electron chi connectivity index (χ4n) is 5.11. The Morgan fingerprint density at radius 3 is 2.79 bits per heavy atom. The first kappa shape index (κ1) is 19.7. The molecule has 1 aromatic carbocycles. The molecule has 1 saturated heterocycles. The quantitative estimate of drug-likeness (QED) is 0.538. The normalized spacial score (nSPS) is 31.2. The van der Waals surface area contributed by atoms with Gasteiger partial charge in [0, 0.05) is 17.8 Å². The van der Waals surface area contributed by atoms with Crippen LogP contribution in [0.5, 0.6) is 5.75 Å². The molecule has 7 unspecified atom stereocenters. The van der Waals surface area contributed by atoms with Crippen LogP contribution in [0.15, 0.2) is 24.3 Å². The third-order valence-electron chi connectivity index (χ3n) is 6.73. The number of ether oxygens (including phenoxy) is 2. The average Bonchev–Trinajstić information content (AvgIpc) is 3.32. The molecule has 1 aromatic rings. The number of esters is 2. The summed E-state index contributed by atoms with van der Waals surface area (Å²) in [6.07, 6.45) is 1.89. The van der Waals surface area contributed by atoms with Crippen LogP contribution >= 0.6 is 0 Å². The zero-order chi connectivity index (χ0) is 20.7. The van der Waals surface area contributed by atoms with Gasteiger partial charge >= 0.3 is 11.9 Å². The molecule has 7 atom stereocenters. The lowest BCUT2D eigenvalue weighted by molar-refractivity contribution is -0.165. The van der Waals surface area contributed by atoms with E-state index in [0.29, 0.717) is 18.5 Å². The topological polar surface area (TPSA) is 102 Å². The van der Waals surface area contributed by atoms with Crippen molar-refractivity contribution in [3.8, 4) is 5.75 Å². The van der Waals surface area contributed by atoms with E-state index in [4.69, 9.17) is 9.47 Å². The Bertz CT molecular complexity index is 823. The van der Waals surface area contributed by atoms with Crippen LogP contribution in [0.3, 0.4) is 0 Å². The minimum absolute atomic E-state index is 0.00358. The number of amides is 1. The molecule has 7 nitrogen and oxygen atoms in total. The molecule has 2 saturated carbocycles. The highest BCUT2D eigenvalue weighted by Gasteiger charge is 2.63. The first-order valence-corrected chi connectivity index (χ1v) is 10.4. The second-order valence-electron chi connectivity index (χ2n) is 8.55. The predicted octanol–water partition coefficient (Wildman–Crippen LogP) is 2.88. The summed E-state index contributed by atoms with van der Waals surface area (Å²) in [5, 5.41) is 12.6. The van der Waals surface area contributed by atoms with Crippen LogP contribution in [-0.4, -0.2) is 35.2 Å². The fourth-order valence-corrected chi connectivity index (χ4v) is 5.11. The van der Waals surface area contributed by atoms with E-state index < -0.39 is 5.92 Å². The number of nitrogens with one attached hydrogen (secondary N) is 1. The summed E-state index contributed by atoms with van der Waals surface area (Å²) in [6.45, 7) is 3.65. The lowest BCUT2D eigenvalue weighted by Gasteiger charge is -2.27. The summed E-state index contributed by atoms with van der Waals surface area (Å²) in [5.41, 5.74) is 0.353. The molecule has 1 amide bonds. The van der Waals surface area contributed by atoms with Gasteiger partial charge in [-0.1, -0.05) is 26.0 Å². The van der Waals surface area contributed by atoms with Crippen molar-refractivity contribution in [2.24, 2.45) is 29.6 Å². The zero-order valence-corrected chi connectivity index (χ0v) is 16.7. The Morgan fingerprint density at radius 2 is 2.07 bits per heavy atom. The van der Waals surface area contributed by atoms with Gasteiger partial charge in [-0.2, -0.15) is 0 Å². The number of anilines is 1. The molecule has 156 valence electrons. The maximum atomic E-state index is 12.7. The van der Waals surface area contributed by atoms with Crippen molar-refractivity contribution >= 4 is 23.5 Å². The van der Waals surface area contributed by atoms with Gasteiger partial charge in [0.05, 0.1) is 17.5 Å². The lowest BCUT2D eigenvalue weighted by atomic mass is 9.88. The van der Waals surface area contributed by atoms with Crippen LogP contribution in [0.2, 0.25) is 0 Å².